The first-order valence-electron chi connectivity index (χ1n) is 13.3. The average molecular weight is 525 g/mol. The zero-order valence-electron chi connectivity index (χ0n) is 22.0. The SMILES string of the molecule is CCCCC(CNC(=O)c1cc([N+](=O)[O-])ccc1NC1CCN(C(C)=O)CC1)C1OCc2ccccc2O1. The number of para-hydroxylation sites is 1. The zero-order chi connectivity index (χ0) is 27.1. The monoisotopic (exact) mass is 524 g/mol. The normalized spacial score (nSPS) is 18.2. The van der Waals surface area contributed by atoms with E-state index in [1.165, 1.54) is 12.1 Å². The van der Waals surface area contributed by atoms with Crippen LogP contribution in [0.3, 0.4) is 0 Å². The van der Waals surface area contributed by atoms with Crippen molar-refractivity contribution in [1.29, 1.82) is 0 Å². The lowest BCUT2D eigenvalue weighted by Crippen LogP contribution is -2.42. The molecule has 0 spiro atoms. The van der Waals surface area contributed by atoms with Gasteiger partial charge in [0, 0.05) is 61.9 Å². The molecule has 2 aromatic rings. The number of nitro groups is 1. The summed E-state index contributed by atoms with van der Waals surface area (Å²) in [5.74, 6) is 0.358. The van der Waals surface area contributed by atoms with Crippen molar-refractivity contribution in [1.82, 2.24) is 10.2 Å². The van der Waals surface area contributed by atoms with Crippen LogP contribution in [0.5, 0.6) is 5.75 Å². The number of non-ortho nitro benzene ring substituents is 1. The number of carbonyl (C=O) groups is 2. The number of hydrogen-bond acceptors (Lipinski definition) is 7. The number of nitro benzene ring substituents is 1. The standard InChI is InChI=1S/C28H36N4O6/c1-3-4-7-20(28-37-18-21-8-5-6-9-26(21)38-28)17-29-27(34)24-16-23(32(35)36)10-11-25(24)30-22-12-14-31(15-13-22)19(2)33/h5-6,8-11,16,20,22,28,30H,3-4,7,12-15,17-18H2,1-2H3,(H,29,34). The Balaban J connectivity index is 1.46. The number of likely N-dealkylation sites (tertiary alicyclic amines) is 1. The van der Waals surface area contributed by atoms with Crippen LogP contribution in [0.25, 0.3) is 0 Å². The Hall–Kier alpha value is -3.66. The molecule has 2 aliphatic heterocycles. The molecule has 0 aliphatic carbocycles. The summed E-state index contributed by atoms with van der Waals surface area (Å²) in [6.45, 7) is 5.68. The number of benzene rings is 2. The third kappa shape index (κ3) is 6.80. The number of nitrogens with zero attached hydrogens (tertiary/aromatic N) is 2. The molecule has 0 bridgehead atoms. The van der Waals surface area contributed by atoms with Crippen molar-refractivity contribution in [3.05, 3.63) is 63.7 Å². The maximum Gasteiger partial charge on any atom is 0.270 e. The molecule has 2 atom stereocenters. The van der Waals surface area contributed by atoms with Gasteiger partial charge in [0.05, 0.1) is 17.1 Å². The molecule has 2 N–H and O–H groups in total. The number of unbranched alkanes of at least 4 members (excludes halogenated alkanes) is 1. The number of ether oxygens (including phenoxy) is 2. The lowest BCUT2D eigenvalue weighted by Gasteiger charge is -2.33. The number of anilines is 1. The van der Waals surface area contributed by atoms with Gasteiger partial charge in [-0.15, -0.1) is 0 Å². The van der Waals surface area contributed by atoms with Gasteiger partial charge in [0.1, 0.15) is 5.75 Å². The Labute approximate surface area is 222 Å². The predicted octanol–water partition coefficient (Wildman–Crippen LogP) is 4.49. The lowest BCUT2D eigenvalue weighted by atomic mass is 10.00. The number of hydrogen-bond donors (Lipinski definition) is 2. The first kappa shape index (κ1) is 27.4. The first-order chi connectivity index (χ1) is 18.4. The minimum absolute atomic E-state index is 0.0471. The molecular weight excluding hydrogens is 488 g/mol. The quantitative estimate of drug-likeness (QED) is 0.347. The molecule has 0 saturated carbocycles. The van der Waals surface area contributed by atoms with Crippen molar-refractivity contribution < 1.29 is 24.0 Å². The molecule has 204 valence electrons. The molecule has 38 heavy (non-hydrogen) atoms. The van der Waals surface area contributed by atoms with E-state index in [0.29, 0.717) is 31.9 Å². The van der Waals surface area contributed by atoms with Crippen molar-refractivity contribution >= 4 is 23.2 Å². The number of nitrogens with one attached hydrogen (secondary N) is 2. The van der Waals surface area contributed by atoms with Gasteiger partial charge < -0.3 is 25.0 Å². The number of carbonyl (C=O) groups excluding carboxylic acids is 2. The van der Waals surface area contributed by atoms with Crippen LogP contribution in [0.2, 0.25) is 0 Å². The second kappa shape index (κ2) is 12.7. The first-order valence-corrected chi connectivity index (χ1v) is 13.3. The number of amides is 2. The molecular formula is C28H36N4O6. The molecule has 10 nitrogen and oxygen atoms in total. The fourth-order valence-electron chi connectivity index (χ4n) is 4.94. The van der Waals surface area contributed by atoms with Crippen LogP contribution in [-0.4, -0.2) is 53.6 Å². The summed E-state index contributed by atoms with van der Waals surface area (Å²) in [4.78, 5) is 37.8. The molecule has 2 unspecified atom stereocenters. The Kier molecular flexibility index (Phi) is 9.17. The minimum atomic E-state index is -0.503. The van der Waals surface area contributed by atoms with Gasteiger partial charge in [-0.25, -0.2) is 0 Å². The molecule has 1 fully saturated rings. The van der Waals surface area contributed by atoms with E-state index in [-0.39, 0.29) is 29.1 Å². The third-order valence-electron chi connectivity index (χ3n) is 7.22. The molecule has 2 aliphatic rings. The Bertz CT molecular complexity index is 1150. The van der Waals surface area contributed by atoms with E-state index in [2.05, 4.69) is 17.6 Å². The number of fused-ring (bicyclic) bond motifs is 1. The highest BCUT2D eigenvalue weighted by molar-refractivity contribution is 6.00. The summed E-state index contributed by atoms with van der Waals surface area (Å²) in [5.41, 5.74) is 1.60. The minimum Gasteiger partial charge on any atom is -0.464 e. The van der Waals surface area contributed by atoms with Gasteiger partial charge in [-0.1, -0.05) is 38.0 Å². The van der Waals surface area contributed by atoms with Crippen LogP contribution in [0, 0.1) is 16.0 Å². The number of rotatable bonds is 10. The van der Waals surface area contributed by atoms with Crippen molar-refractivity contribution in [2.24, 2.45) is 5.92 Å². The van der Waals surface area contributed by atoms with Gasteiger partial charge in [-0.2, -0.15) is 0 Å². The molecule has 0 radical (unpaired) electrons. The molecule has 1 saturated heterocycles. The second-order valence-electron chi connectivity index (χ2n) is 9.93. The fraction of sp³-hybridized carbons (Fsp3) is 0.500. The summed E-state index contributed by atoms with van der Waals surface area (Å²) in [7, 11) is 0. The Morgan fingerprint density at radius 3 is 2.66 bits per heavy atom. The fourth-order valence-corrected chi connectivity index (χ4v) is 4.94. The van der Waals surface area contributed by atoms with Crippen LogP contribution in [0.1, 0.15) is 61.9 Å². The van der Waals surface area contributed by atoms with Gasteiger partial charge in [-0.3, -0.25) is 19.7 Å². The Morgan fingerprint density at radius 2 is 1.95 bits per heavy atom. The van der Waals surface area contributed by atoms with Crippen LogP contribution < -0.4 is 15.4 Å². The highest BCUT2D eigenvalue weighted by Gasteiger charge is 2.30. The van der Waals surface area contributed by atoms with E-state index in [9.17, 15) is 19.7 Å². The van der Waals surface area contributed by atoms with Gasteiger partial charge in [0.2, 0.25) is 12.2 Å². The van der Waals surface area contributed by atoms with E-state index in [4.69, 9.17) is 9.47 Å². The third-order valence-corrected chi connectivity index (χ3v) is 7.22. The summed E-state index contributed by atoms with van der Waals surface area (Å²) in [5, 5.41) is 17.8. The Morgan fingerprint density at radius 1 is 1.18 bits per heavy atom. The van der Waals surface area contributed by atoms with E-state index in [0.717, 1.165) is 43.4 Å². The van der Waals surface area contributed by atoms with Crippen LogP contribution >= 0.6 is 0 Å². The van der Waals surface area contributed by atoms with E-state index in [1.807, 2.05) is 24.3 Å². The van der Waals surface area contributed by atoms with Gasteiger partial charge in [-0.05, 0) is 31.4 Å². The molecule has 4 rings (SSSR count). The topological polar surface area (TPSA) is 123 Å². The predicted molar refractivity (Wildman–Crippen MR) is 143 cm³/mol. The van der Waals surface area contributed by atoms with Crippen LogP contribution in [0.4, 0.5) is 11.4 Å². The lowest BCUT2D eigenvalue weighted by molar-refractivity contribution is -0.384. The molecule has 2 amide bonds. The van der Waals surface area contributed by atoms with Gasteiger partial charge in [0.15, 0.2) is 0 Å². The van der Waals surface area contributed by atoms with E-state index in [1.54, 1.807) is 17.9 Å². The van der Waals surface area contributed by atoms with E-state index >= 15 is 0 Å². The summed E-state index contributed by atoms with van der Waals surface area (Å²) < 4.78 is 12.1. The smallest absolute Gasteiger partial charge is 0.270 e. The maximum atomic E-state index is 13.4. The molecule has 10 heteroatoms. The van der Waals surface area contributed by atoms with Crippen molar-refractivity contribution in [3.63, 3.8) is 0 Å². The summed E-state index contributed by atoms with van der Waals surface area (Å²) in [6, 6.07) is 12.1. The largest absolute Gasteiger partial charge is 0.464 e. The van der Waals surface area contributed by atoms with Crippen molar-refractivity contribution in [2.75, 3.05) is 25.0 Å². The van der Waals surface area contributed by atoms with E-state index < -0.39 is 17.1 Å². The van der Waals surface area contributed by atoms with Crippen LogP contribution in [0.15, 0.2) is 42.5 Å². The van der Waals surface area contributed by atoms with Gasteiger partial charge in [0.25, 0.3) is 11.6 Å². The summed E-state index contributed by atoms with van der Waals surface area (Å²) in [6.07, 6.45) is 3.72. The average Bonchev–Trinajstić information content (AvgIpc) is 2.93. The van der Waals surface area contributed by atoms with Crippen molar-refractivity contribution in [2.45, 2.75) is 64.9 Å². The van der Waals surface area contributed by atoms with Crippen LogP contribution in [-0.2, 0) is 16.1 Å². The van der Waals surface area contributed by atoms with Crippen molar-refractivity contribution in [3.8, 4) is 5.75 Å². The highest BCUT2D eigenvalue weighted by Crippen LogP contribution is 2.30. The summed E-state index contributed by atoms with van der Waals surface area (Å²) >= 11 is 0. The highest BCUT2D eigenvalue weighted by atomic mass is 16.7. The van der Waals surface area contributed by atoms with Gasteiger partial charge >= 0.3 is 0 Å². The number of piperidine rings is 1. The molecule has 0 aromatic heterocycles. The maximum absolute atomic E-state index is 13.4. The molecule has 2 heterocycles. The second-order valence-corrected chi connectivity index (χ2v) is 9.93. The zero-order valence-corrected chi connectivity index (χ0v) is 22.0. The molecule has 2 aromatic carbocycles.